The average Bonchev–Trinajstić information content (AvgIpc) is 2.81. The van der Waals surface area contributed by atoms with Crippen LogP contribution in [0.5, 0.6) is 0 Å². The van der Waals surface area contributed by atoms with E-state index in [-0.39, 0.29) is 12.6 Å². The Kier molecular flexibility index (Phi) is 3.39. The van der Waals surface area contributed by atoms with Crippen LogP contribution >= 0.6 is 0 Å². The second-order valence-electron chi connectivity index (χ2n) is 4.40. The van der Waals surface area contributed by atoms with Gasteiger partial charge in [-0.1, -0.05) is 37.1 Å². The second kappa shape index (κ2) is 4.77. The lowest BCUT2D eigenvalue weighted by atomic mass is 9.90. The Balaban J connectivity index is 2.28. The lowest BCUT2D eigenvalue weighted by molar-refractivity contribution is 0.267. The van der Waals surface area contributed by atoms with Crippen LogP contribution in [0.2, 0.25) is 0 Å². The van der Waals surface area contributed by atoms with E-state index in [1.54, 1.807) is 0 Å². The summed E-state index contributed by atoms with van der Waals surface area (Å²) in [6.45, 7) is 0.0315. The SMILES string of the molecule is NC(CO)c1ccccc1C1CCCC1. The Hall–Kier alpha value is -0.860. The number of benzene rings is 1. The van der Waals surface area contributed by atoms with Gasteiger partial charge in [0, 0.05) is 0 Å². The zero-order valence-corrected chi connectivity index (χ0v) is 9.02. The van der Waals surface area contributed by atoms with Crippen LogP contribution in [0.3, 0.4) is 0 Å². The number of hydrogen-bond acceptors (Lipinski definition) is 2. The molecule has 1 aliphatic rings. The van der Waals surface area contributed by atoms with Crippen LogP contribution in [-0.4, -0.2) is 11.7 Å². The van der Waals surface area contributed by atoms with Gasteiger partial charge < -0.3 is 10.8 Å². The summed E-state index contributed by atoms with van der Waals surface area (Å²) in [5.74, 6) is 0.666. The van der Waals surface area contributed by atoms with Crippen LogP contribution in [0.15, 0.2) is 24.3 Å². The van der Waals surface area contributed by atoms with Gasteiger partial charge in [0.05, 0.1) is 12.6 Å². The predicted molar refractivity (Wildman–Crippen MR) is 61.7 cm³/mol. The number of rotatable bonds is 3. The lowest BCUT2D eigenvalue weighted by Gasteiger charge is -2.18. The Morgan fingerprint density at radius 3 is 2.60 bits per heavy atom. The Morgan fingerprint density at radius 1 is 1.27 bits per heavy atom. The zero-order chi connectivity index (χ0) is 10.7. The van der Waals surface area contributed by atoms with Crippen molar-refractivity contribution in [3.8, 4) is 0 Å². The summed E-state index contributed by atoms with van der Waals surface area (Å²) in [5, 5.41) is 9.13. The van der Waals surface area contributed by atoms with E-state index in [1.165, 1.54) is 31.2 Å². The van der Waals surface area contributed by atoms with E-state index in [0.29, 0.717) is 5.92 Å². The van der Waals surface area contributed by atoms with Crippen molar-refractivity contribution in [2.75, 3.05) is 6.61 Å². The standard InChI is InChI=1S/C13H19NO/c14-13(9-15)12-8-4-3-7-11(12)10-5-1-2-6-10/h3-4,7-8,10,13,15H,1-2,5-6,9,14H2. The monoisotopic (exact) mass is 205 g/mol. The molecular weight excluding hydrogens is 186 g/mol. The van der Waals surface area contributed by atoms with E-state index in [4.69, 9.17) is 10.8 Å². The maximum Gasteiger partial charge on any atom is 0.0624 e. The molecule has 1 saturated carbocycles. The summed E-state index contributed by atoms with van der Waals surface area (Å²) < 4.78 is 0. The van der Waals surface area contributed by atoms with Crippen molar-refractivity contribution in [3.63, 3.8) is 0 Å². The normalized spacial score (nSPS) is 19.3. The molecule has 2 heteroatoms. The molecule has 0 radical (unpaired) electrons. The smallest absolute Gasteiger partial charge is 0.0624 e. The van der Waals surface area contributed by atoms with Gasteiger partial charge >= 0.3 is 0 Å². The highest BCUT2D eigenvalue weighted by molar-refractivity contribution is 5.33. The molecule has 1 aliphatic carbocycles. The molecule has 0 saturated heterocycles. The molecule has 1 fully saturated rings. The molecule has 1 atom stereocenters. The van der Waals surface area contributed by atoms with Crippen molar-refractivity contribution in [2.45, 2.75) is 37.6 Å². The van der Waals surface area contributed by atoms with Crippen LogP contribution in [0.1, 0.15) is 48.8 Å². The van der Waals surface area contributed by atoms with E-state index in [1.807, 2.05) is 6.07 Å². The fourth-order valence-corrected chi connectivity index (χ4v) is 2.56. The summed E-state index contributed by atoms with van der Waals surface area (Å²) in [5.41, 5.74) is 8.40. The Morgan fingerprint density at radius 2 is 1.93 bits per heavy atom. The molecule has 82 valence electrons. The van der Waals surface area contributed by atoms with E-state index in [0.717, 1.165) is 5.56 Å². The van der Waals surface area contributed by atoms with Gasteiger partial charge in [-0.2, -0.15) is 0 Å². The van der Waals surface area contributed by atoms with Gasteiger partial charge in [0.1, 0.15) is 0 Å². The van der Waals surface area contributed by atoms with Crippen molar-refractivity contribution in [1.29, 1.82) is 0 Å². The van der Waals surface area contributed by atoms with E-state index in [2.05, 4.69) is 18.2 Å². The highest BCUT2D eigenvalue weighted by atomic mass is 16.3. The van der Waals surface area contributed by atoms with Crippen LogP contribution in [0, 0.1) is 0 Å². The predicted octanol–water partition coefficient (Wildman–Crippen LogP) is 2.34. The Labute approximate surface area is 91.1 Å². The average molecular weight is 205 g/mol. The van der Waals surface area contributed by atoms with Gasteiger partial charge in [0.2, 0.25) is 0 Å². The molecule has 1 aromatic carbocycles. The van der Waals surface area contributed by atoms with Crippen LogP contribution in [0.4, 0.5) is 0 Å². The molecule has 1 aromatic rings. The second-order valence-corrected chi connectivity index (χ2v) is 4.40. The molecule has 0 bridgehead atoms. The molecule has 15 heavy (non-hydrogen) atoms. The number of nitrogens with two attached hydrogens (primary N) is 1. The van der Waals surface area contributed by atoms with E-state index >= 15 is 0 Å². The van der Waals surface area contributed by atoms with E-state index in [9.17, 15) is 0 Å². The van der Waals surface area contributed by atoms with Gasteiger partial charge in [-0.25, -0.2) is 0 Å². The van der Waals surface area contributed by atoms with Crippen molar-refractivity contribution in [3.05, 3.63) is 35.4 Å². The summed E-state index contributed by atoms with van der Waals surface area (Å²) >= 11 is 0. The van der Waals surface area contributed by atoms with Crippen LogP contribution in [-0.2, 0) is 0 Å². The molecule has 2 nitrogen and oxygen atoms in total. The highest BCUT2D eigenvalue weighted by Crippen LogP contribution is 2.36. The third-order valence-corrected chi connectivity index (χ3v) is 3.39. The molecule has 3 N–H and O–H groups in total. The molecule has 0 aromatic heterocycles. The number of aliphatic hydroxyl groups is 1. The summed E-state index contributed by atoms with van der Waals surface area (Å²) in [4.78, 5) is 0. The first-order valence-electron chi connectivity index (χ1n) is 5.78. The number of hydrogen-bond donors (Lipinski definition) is 2. The van der Waals surface area contributed by atoms with Crippen molar-refractivity contribution in [2.24, 2.45) is 5.73 Å². The number of aliphatic hydroxyl groups excluding tert-OH is 1. The van der Waals surface area contributed by atoms with Crippen molar-refractivity contribution >= 4 is 0 Å². The van der Waals surface area contributed by atoms with Crippen LogP contribution < -0.4 is 5.73 Å². The van der Waals surface area contributed by atoms with Crippen molar-refractivity contribution < 1.29 is 5.11 Å². The summed E-state index contributed by atoms with van der Waals surface area (Å²) in [6.07, 6.45) is 5.20. The highest BCUT2D eigenvalue weighted by Gasteiger charge is 2.21. The first kappa shape index (κ1) is 10.7. The molecule has 0 spiro atoms. The van der Waals surface area contributed by atoms with Gasteiger partial charge in [-0.05, 0) is 29.9 Å². The molecule has 0 amide bonds. The topological polar surface area (TPSA) is 46.2 Å². The van der Waals surface area contributed by atoms with Gasteiger partial charge in [0.25, 0.3) is 0 Å². The maximum absolute atomic E-state index is 9.13. The summed E-state index contributed by atoms with van der Waals surface area (Å²) in [7, 11) is 0. The molecule has 2 rings (SSSR count). The quantitative estimate of drug-likeness (QED) is 0.795. The minimum atomic E-state index is -0.221. The van der Waals surface area contributed by atoms with E-state index < -0.39 is 0 Å². The first-order valence-corrected chi connectivity index (χ1v) is 5.78. The molecule has 1 unspecified atom stereocenters. The summed E-state index contributed by atoms with van der Waals surface area (Å²) in [6, 6.07) is 8.07. The third-order valence-electron chi connectivity index (χ3n) is 3.39. The zero-order valence-electron chi connectivity index (χ0n) is 9.02. The third kappa shape index (κ3) is 2.21. The molecule has 0 aliphatic heterocycles. The fourth-order valence-electron chi connectivity index (χ4n) is 2.56. The maximum atomic E-state index is 9.13. The molecule has 0 heterocycles. The minimum Gasteiger partial charge on any atom is -0.394 e. The first-order chi connectivity index (χ1) is 7.33. The van der Waals surface area contributed by atoms with Gasteiger partial charge in [-0.3, -0.25) is 0 Å². The largest absolute Gasteiger partial charge is 0.394 e. The minimum absolute atomic E-state index is 0.0315. The van der Waals surface area contributed by atoms with Gasteiger partial charge in [-0.15, -0.1) is 0 Å². The van der Waals surface area contributed by atoms with Gasteiger partial charge in [0.15, 0.2) is 0 Å². The lowest BCUT2D eigenvalue weighted by Crippen LogP contribution is -2.17. The molecular formula is C13H19NO. The van der Waals surface area contributed by atoms with Crippen molar-refractivity contribution in [1.82, 2.24) is 0 Å². The Bertz CT molecular complexity index is 318. The fraction of sp³-hybridized carbons (Fsp3) is 0.538. The van der Waals surface area contributed by atoms with Crippen LogP contribution in [0.25, 0.3) is 0 Å².